The number of amides is 2. The number of carbonyl (C=O) groups excluding carboxylic acids is 2. The van der Waals surface area contributed by atoms with Crippen LogP contribution < -0.4 is 10.2 Å². The number of nitrogens with one attached hydrogen (secondary N) is 1. The highest BCUT2D eigenvalue weighted by Gasteiger charge is 2.25. The molecule has 4 aromatic carbocycles. The van der Waals surface area contributed by atoms with Gasteiger partial charge in [-0.15, -0.1) is 11.8 Å². The quantitative estimate of drug-likeness (QED) is 0.184. The molecule has 4 aromatic rings. The molecule has 0 bridgehead atoms. The van der Waals surface area contributed by atoms with Crippen LogP contribution in [-0.4, -0.2) is 22.5 Å². The van der Waals surface area contributed by atoms with E-state index in [0.29, 0.717) is 5.69 Å². The molecule has 2 amide bonds. The van der Waals surface area contributed by atoms with E-state index in [1.54, 1.807) is 18.2 Å². The van der Waals surface area contributed by atoms with Crippen molar-refractivity contribution in [2.75, 3.05) is 16.0 Å². The molecule has 5 rings (SSSR count). The number of nitro groups is 1. The van der Waals surface area contributed by atoms with Crippen LogP contribution in [0.25, 0.3) is 0 Å². The molecule has 37 heavy (non-hydrogen) atoms. The van der Waals surface area contributed by atoms with Gasteiger partial charge in [-0.05, 0) is 60.4 Å². The van der Waals surface area contributed by atoms with Gasteiger partial charge in [-0.2, -0.15) is 0 Å². The Morgan fingerprint density at radius 1 is 0.838 bits per heavy atom. The van der Waals surface area contributed by atoms with Crippen molar-refractivity contribution >= 4 is 46.3 Å². The summed E-state index contributed by atoms with van der Waals surface area (Å²) < 4.78 is 0. The van der Waals surface area contributed by atoms with E-state index < -0.39 is 10.8 Å². The van der Waals surface area contributed by atoms with Crippen LogP contribution in [0.3, 0.4) is 0 Å². The summed E-state index contributed by atoms with van der Waals surface area (Å²) in [4.78, 5) is 39.3. The molecule has 0 radical (unpaired) electrons. The van der Waals surface area contributed by atoms with Gasteiger partial charge in [0.15, 0.2) is 0 Å². The summed E-state index contributed by atoms with van der Waals surface area (Å²) in [5.74, 6) is -0.261. The number of hydrogen-bond donors (Lipinski definition) is 1. The maximum absolute atomic E-state index is 13.6. The van der Waals surface area contributed by atoms with Crippen molar-refractivity contribution in [3.63, 3.8) is 0 Å². The Labute approximate surface area is 218 Å². The van der Waals surface area contributed by atoms with Crippen LogP contribution in [0.1, 0.15) is 21.5 Å². The Hall–Kier alpha value is -4.43. The molecule has 1 heterocycles. The lowest BCUT2D eigenvalue weighted by Crippen LogP contribution is -2.28. The van der Waals surface area contributed by atoms with Gasteiger partial charge in [0.2, 0.25) is 5.91 Å². The van der Waals surface area contributed by atoms with Crippen LogP contribution in [-0.2, 0) is 17.6 Å². The predicted octanol–water partition coefficient (Wildman–Crippen LogP) is 6.40. The number of para-hydroxylation sites is 2. The molecule has 7 nitrogen and oxygen atoms in total. The fraction of sp³-hybridized carbons (Fsp3) is 0.103. The number of non-ortho nitro benzene ring substituents is 1. The summed E-state index contributed by atoms with van der Waals surface area (Å²) in [6, 6.07) is 28.8. The van der Waals surface area contributed by atoms with Gasteiger partial charge in [0.05, 0.1) is 22.1 Å². The molecule has 184 valence electrons. The van der Waals surface area contributed by atoms with Gasteiger partial charge in [-0.3, -0.25) is 24.6 Å². The number of thioether (sulfide) groups is 1. The molecular weight excluding hydrogens is 486 g/mol. The van der Waals surface area contributed by atoms with E-state index in [-0.39, 0.29) is 22.9 Å². The molecule has 1 N–H and O–H groups in total. The van der Waals surface area contributed by atoms with Crippen molar-refractivity contribution in [2.45, 2.75) is 17.7 Å². The smallest absolute Gasteiger partial charge is 0.270 e. The number of aryl methyl sites for hydroxylation is 2. The SMILES string of the molecule is O=C(Nc1cccc(SCC(=O)N2c3ccccc3CCc3ccccc32)c1)c1cccc([N+](=O)[O-])c1. The van der Waals surface area contributed by atoms with E-state index in [1.807, 2.05) is 47.4 Å². The van der Waals surface area contributed by atoms with Crippen molar-refractivity contribution in [3.05, 3.63) is 124 Å². The molecule has 8 heteroatoms. The van der Waals surface area contributed by atoms with E-state index in [2.05, 4.69) is 17.4 Å². The zero-order valence-electron chi connectivity index (χ0n) is 19.8. The number of benzene rings is 4. The minimum atomic E-state index is -0.536. The number of fused-ring (bicyclic) bond motifs is 2. The normalized spacial score (nSPS) is 12.2. The molecule has 1 aliphatic rings. The third-order valence-electron chi connectivity index (χ3n) is 6.15. The number of hydrogen-bond acceptors (Lipinski definition) is 5. The van der Waals surface area contributed by atoms with E-state index in [9.17, 15) is 19.7 Å². The van der Waals surface area contributed by atoms with Crippen LogP contribution in [0.2, 0.25) is 0 Å². The fourth-order valence-electron chi connectivity index (χ4n) is 4.39. The topological polar surface area (TPSA) is 92.6 Å². The predicted molar refractivity (Wildman–Crippen MR) is 146 cm³/mol. The van der Waals surface area contributed by atoms with Gasteiger partial charge < -0.3 is 5.32 Å². The van der Waals surface area contributed by atoms with Crippen LogP contribution in [0.4, 0.5) is 22.7 Å². The molecule has 1 aliphatic heterocycles. The highest BCUT2D eigenvalue weighted by Crippen LogP contribution is 2.37. The van der Waals surface area contributed by atoms with Crippen LogP contribution in [0.15, 0.2) is 102 Å². The summed E-state index contributed by atoms with van der Waals surface area (Å²) in [5.41, 5.74) is 4.70. The first-order valence-electron chi connectivity index (χ1n) is 11.8. The van der Waals surface area contributed by atoms with E-state index in [0.717, 1.165) is 40.2 Å². The standard InChI is InChI=1S/C29H23N3O4S/c33-28(31-26-13-3-1-7-20(26)15-16-21-8-2-4-14-27(21)31)19-37-25-12-6-10-23(18-25)30-29(34)22-9-5-11-24(17-22)32(35)36/h1-14,17-18H,15-16,19H2,(H,30,34). The van der Waals surface area contributed by atoms with Gasteiger partial charge in [-0.1, -0.05) is 48.5 Å². The molecule has 0 atom stereocenters. The molecular formula is C29H23N3O4S. The minimum absolute atomic E-state index is 0.0298. The molecule has 0 aromatic heterocycles. The van der Waals surface area contributed by atoms with Crippen molar-refractivity contribution in [2.24, 2.45) is 0 Å². The molecule has 0 saturated heterocycles. The Balaban J connectivity index is 1.32. The number of nitrogens with zero attached hydrogens (tertiary/aromatic N) is 2. The van der Waals surface area contributed by atoms with Crippen molar-refractivity contribution in [3.8, 4) is 0 Å². The van der Waals surface area contributed by atoms with E-state index in [4.69, 9.17) is 0 Å². The van der Waals surface area contributed by atoms with Crippen LogP contribution in [0, 0.1) is 10.1 Å². The second-order valence-electron chi connectivity index (χ2n) is 8.56. The maximum atomic E-state index is 13.6. The van der Waals surface area contributed by atoms with Gasteiger partial charge in [0, 0.05) is 28.3 Å². The first-order chi connectivity index (χ1) is 18.0. The Bertz CT molecular complexity index is 1460. The third kappa shape index (κ3) is 5.39. The van der Waals surface area contributed by atoms with E-state index >= 15 is 0 Å². The Morgan fingerprint density at radius 3 is 2.16 bits per heavy atom. The molecule has 0 saturated carbocycles. The third-order valence-corrected chi connectivity index (χ3v) is 7.13. The Morgan fingerprint density at radius 2 is 1.49 bits per heavy atom. The van der Waals surface area contributed by atoms with Crippen molar-refractivity contribution in [1.82, 2.24) is 0 Å². The molecule has 0 fully saturated rings. The summed E-state index contributed by atoms with van der Waals surface area (Å²) in [6.45, 7) is 0. The van der Waals surface area contributed by atoms with Gasteiger partial charge >= 0.3 is 0 Å². The van der Waals surface area contributed by atoms with Crippen LogP contribution >= 0.6 is 11.8 Å². The first-order valence-corrected chi connectivity index (χ1v) is 12.8. The largest absolute Gasteiger partial charge is 0.322 e. The van der Waals surface area contributed by atoms with Crippen molar-refractivity contribution < 1.29 is 14.5 Å². The maximum Gasteiger partial charge on any atom is 0.270 e. The zero-order valence-corrected chi connectivity index (χ0v) is 20.6. The van der Waals surface area contributed by atoms with Gasteiger partial charge in [0.25, 0.3) is 11.6 Å². The Kier molecular flexibility index (Phi) is 7.00. The lowest BCUT2D eigenvalue weighted by atomic mass is 10.0. The summed E-state index contributed by atoms with van der Waals surface area (Å²) in [5, 5.41) is 13.8. The fourth-order valence-corrected chi connectivity index (χ4v) is 5.19. The average molecular weight is 510 g/mol. The number of carbonyl (C=O) groups is 2. The van der Waals surface area contributed by atoms with Crippen molar-refractivity contribution in [1.29, 1.82) is 0 Å². The lowest BCUT2D eigenvalue weighted by molar-refractivity contribution is -0.384. The molecule has 0 aliphatic carbocycles. The molecule has 0 unspecified atom stereocenters. The van der Waals surface area contributed by atoms with Crippen LogP contribution in [0.5, 0.6) is 0 Å². The number of rotatable bonds is 6. The highest BCUT2D eigenvalue weighted by atomic mass is 32.2. The monoisotopic (exact) mass is 509 g/mol. The minimum Gasteiger partial charge on any atom is -0.322 e. The van der Waals surface area contributed by atoms with Gasteiger partial charge in [0.1, 0.15) is 0 Å². The summed E-state index contributed by atoms with van der Waals surface area (Å²) in [6.07, 6.45) is 1.74. The van der Waals surface area contributed by atoms with E-state index in [1.165, 1.54) is 36.0 Å². The number of nitro benzene ring substituents is 1. The summed E-state index contributed by atoms with van der Waals surface area (Å²) >= 11 is 1.39. The second kappa shape index (κ2) is 10.7. The average Bonchev–Trinajstić information content (AvgIpc) is 3.09. The number of anilines is 3. The second-order valence-corrected chi connectivity index (χ2v) is 9.61. The lowest BCUT2D eigenvalue weighted by Gasteiger charge is -2.25. The zero-order chi connectivity index (χ0) is 25.8. The highest BCUT2D eigenvalue weighted by molar-refractivity contribution is 8.00. The van der Waals surface area contributed by atoms with Gasteiger partial charge in [-0.25, -0.2) is 0 Å². The molecule has 0 spiro atoms. The first kappa shape index (κ1) is 24.3. The summed E-state index contributed by atoms with van der Waals surface area (Å²) in [7, 11) is 0.